The molecule has 1 unspecified atom stereocenters. The number of rotatable bonds is 3. The predicted octanol–water partition coefficient (Wildman–Crippen LogP) is 4.92. The molecule has 0 aliphatic heterocycles. The second kappa shape index (κ2) is 4.95. The summed E-state index contributed by atoms with van der Waals surface area (Å²) >= 11 is 5.66. The Morgan fingerprint density at radius 2 is 2.06 bits per heavy atom. The van der Waals surface area contributed by atoms with Crippen molar-refractivity contribution in [3.8, 4) is 0 Å². The molecule has 1 atom stereocenters. The van der Waals surface area contributed by atoms with E-state index in [0.29, 0.717) is 4.83 Å². The lowest BCUT2D eigenvalue weighted by Crippen LogP contribution is -1.95. The minimum absolute atomic E-state index is 0.451. The highest BCUT2D eigenvalue weighted by Gasteiger charge is 2.14. The first-order valence-electron chi connectivity index (χ1n) is 6.11. The summed E-state index contributed by atoms with van der Waals surface area (Å²) in [5, 5.41) is 2.15. The standard InChI is InChI=1S/C15H15BrS/c16-15(10-14-5-2-8-17-14)13-7-6-11-3-1-4-12(11)9-13/h2,5-9,15H,1,3-4,10H2. The molecule has 0 N–H and O–H groups in total. The number of hydrogen-bond acceptors (Lipinski definition) is 1. The number of aryl methyl sites for hydroxylation is 2. The number of thiophene rings is 1. The van der Waals surface area contributed by atoms with Gasteiger partial charge in [0.05, 0.1) is 0 Å². The summed E-state index contributed by atoms with van der Waals surface area (Å²) in [5.41, 5.74) is 4.56. The minimum atomic E-state index is 0.451. The van der Waals surface area contributed by atoms with Gasteiger partial charge in [0.1, 0.15) is 0 Å². The van der Waals surface area contributed by atoms with Gasteiger partial charge in [0.2, 0.25) is 0 Å². The van der Waals surface area contributed by atoms with E-state index in [4.69, 9.17) is 0 Å². The Morgan fingerprint density at radius 3 is 2.88 bits per heavy atom. The largest absolute Gasteiger partial charge is 0.149 e. The van der Waals surface area contributed by atoms with Crippen LogP contribution in [0.3, 0.4) is 0 Å². The van der Waals surface area contributed by atoms with Crippen molar-refractivity contribution >= 4 is 27.3 Å². The molecule has 0 saturated carbocycles. The Labute approximate surface area is 115 Å². The van der Waals surface area contributed by atoms with E-state index in [1.165, 1.54) is 29.7 Å². The molecule has 17 heavy (non-hydrogen) atoms. The lowest BCUT2D eigenvalue weighted by Gasteiger charge is -2.11. The van der Waals surface area contributed by atoms with Crippen LogP contribution in [0.1, 0.15) is 32.8 Å². The maximum Gasteiger partial charge on any atom is 0.0443 e. The molecule has 1 aliphatic rings. The van der Waals surface area contributed by atoms with Crippen molar-refractivity contribution in [2.75, 3.05) is 0 Å². The van der Waals surface area contributed by atoms with Crippen LogP contribution in [0.25, 0.3) is 0 Å². The first kappa shape index (κ1) is 11.5. The molecule has 1 aromatic heterocycles. The minimum Gasteiger partial charge on any atom is -0.149 e. The van der Waals surface area contributed by atoms with Gasteiger partial charge in [0, 0.05) is 9.70 Å². The summed E-state index contributed by atoms with van der Waals surface area (Å²) < 4.78 is 0. The Hall–Kier alpha value is -0.600. The van der Waals surface area contributed by atoms with Crippen LogP contribution >= 0.6 is 27.3 Å². The van der Waals surface area contributed by atoms with Gasteiger partial charge in [-0.05, 0) is 53.8 Å². The van der Waals surface area contributed by atoms with Gasteiger partial charge in [-0.15, -0.1) is 11.3 Å². The fourth-order valence-corrected chi connectivity index (χ4v) is 4.11. The van der Waals surface area contributed by atoms with Crippen molar-refractivity contribution in [3.05, 3.63) is 57.3 Å². The van der Waals surface area contributed by atoms with Crippen molar-refractivity contribution in [2.24, 2.45) is 0 Å². The molecule has 2 aromatic rings. The third-order valence-corrected chi connectivity index (χ3v) is 5.20. The average Bonchev–Trinajstić information content (AvgIpc) is 2.97. The van der Waals surface area contributed by atoms with Crippen LogP contribution < -0.4 is 0 Å². The van der Waals surface area contributed by atoms with Crippen LogP contribution in [0.15, 0.2) is 35.7 Å². The third-order valence-electron chi connectivity index (χ3n) is 3.44. The molecule has 2 heteroatoms. The zero-order valence-electron chi connectivity index (χ0n) is 9.66. The molecular weight excluding hydrogens is 292 g/mol. The summed E-state index contributed by atoms with van der Waals surface area (Å²) in [7, 11) is 0. The molecular formula is C15H15BrS. The summed E-state index contributed by atoms with van der Waals surface area (Å²) in [6.07, 6.45) is 4.96. The normalized spacial score (nSPS) is 15.8. The second-order valence-electron chi connectivity index (χ2n) is 4.63. The van der Waals surface area contributed by atoms with Crippen LogP contribution in [0, 0.1) is 0 Å². The Balaban J connectivity index is 1.79. The van der Waals surface area contributed by atoms with Crippen molar-refractivity contribution < 1.29 is 0 Å². The van der Waals surface area contributed by atoms with Gasteiger partial charge < -0.3 is 0 Å². The molecule has 1 aromatic carbocycles. The second-order valence-corrected chi connectivity index (χ2v) is 6.77. The zero-order valence-corrected chi connectivity index (χ0v) is 12.1. The Kier molecular flexibility index (Phi) is 3.34. The smallest absolute Gasteiger partial charge is 0.0443 e. The van der Waals surface area contributed by atoms with E-state index in [0.717, 1.165) is 6.42 Å². The van der Waals surface area contributed by atoms with Crippen molar-refractivity contribution in [2.45, 2.75) is 30.5 Å². The molecule has 0 bridgehead atoms. The lowest BCUT2D eigenvalue weighted by atomic mass is 10.0. The van der Waals surface area contributed by atoms with Gasteiger partial charge in [-0.3, -0.25) is 0 Å². The summed E-state index contributed by atoms with van der Waals surface area (Å²) in [4.78, 5) is 1.90. The van der Waals surface area contributed by atoms with Crippen molar-refractivity contribution in [3.63, 3.8) is 0 Å². The quantitative estimate of drug-likeness (QED) is 0.706. The van der Waals surface area contributed by atoms with Crippen LogP contribution in [0.4, 0.5) is 0 Å². The van der Waals surface area contributed by atoms with E-state index in [1.54, 1.807) is 11.1 Å². The summed E-state index contributed by atoms with van der Waals surface area (Å²) in [5.74, 6) is 0. The van der Waals surface area contributed by atoms with E-state index in [9.17, 15) is 0 Å². The van der Waals surface area contributed by atoms with Gasteiger partial charge in [0.25, 0.3) is 0 Å². The van der Waals surface area contributed by atoms with E-state index in [-0.39, 0.29) is 0 Å². The highest BCUT2D eigenvalue weighted by molar-refractivity contribution is 9.09. The molecule has 0 saturated heterocycles. The van der Waals surface area contributed by atoms with Gasteiger partial charge in [-0.2, -0.15) is 0 Å². The molecule has 0 nitrogen and oxygen atoms in total. The van der Waals surface area contributed by atoms with E-state index in [2.05, 4.69) is 51.6 Å². The molecule has 0 spiro atoms. The molecule has 0 radical (unpaired) electrons. The van der Waals surface area contributed by atoms with E-state index < -0.39 is 0 Å². The number of benzene rings is 1. The molecule has 0 amide bonds. The summed E-state index contributed by atoms with van der Waals surface area (Å²) in [6.45, 7) is 0. The predicted molar refractivity (Wildman–Crippen MR) is 78.2 cm³/mol. The third kappa shape index (κ3) is 2.48. The highest BCUT2D eigenvalue weighted by Crippen LogP contribution is 2.32. The molecule has 1 aliphatic carbocycles. The van der Waals surface area contributed by atoms with Crippen molar-refractivity contribution in [1.29, 1.82) is 0 Å². The van der Waals surface area contributed by atoms with E-state index in [1.807, 2.05) is 11.3 Å². The van der Waals surface area contributed by atoms with Crippen LogP contribution in [-0.4, -0.2) is 0 Å². The molecule has 0 fully saturated rings. The lowest BCUT2D eigenvalue weighted by molar-refractivity contribution is 0.910. The molecule has 3 rings (SSSR count). The van der Waals surface area contributed by atoms with Crippen LogP contribution in [0.5, 0.6) is 0 Å². The maximum absolute atomic E-state index is 3.82. The van der Waals surface area contributed by atoms with Gasteiger partial charge in [-0.1, -0.05) is 40.2 Å². The Morgan fingerprint density at radius 1 is 1.18 bits per heavy atom. The zero-order chi connectivity index (χ0) is 11.7. The van der Waals surface area contributed by atoms with Gasteiger partial charge in [0.15, 0.2) is 0 Å². The topological polar surface area (TPSA) is 0 Å². The first-order valence-corrected chi connectivity index (χ1v) is 7.90. The maximum atomic E-state index is 3.82. The highest BCUT2D eigenvalue weighted by atomic mass is 79.9. The van der Waals surface area contributed by atoms with Crippen molar-refractivity contribution in [1.82, 2.24) is 0 Å². The number of alkyl halides is 1. The van der Waals surface area contributed by atoms with Crippen LogP contribution in [-0.2, 0) is 19.3 Å². The number of fused-ring (bicyclic) bond motifs is 1. The van der Waals surface area contributed by atoms with Crippen LogP contribution in [0.2, 0.25) is 0 Å². The van der Waals surface area contributed by atoms with Gasteiger partial charge in [-0.25, -0.2) is 0 Å². The first-order chi connectivity index (χ1) is 8.33. The average molecular weight is 307 g/mol. The SMILES string of the molecule is BrC(Cc1cccs1)c1ccc2c(c1)CCC2. The van der Waals surface area contributed by atoms with Gasteiger partial charge >= 0.3 is 0 Å². The number of halogens is 1. The molecule has 1 heterocycles. The fraction of sp³-hybridized carbons (Fsp3) is 0.333. The monoisotopic (exact) mass is 306 g/mol. The Bertz CT molecular complexity index is 502. The summed E-state index contributed by atoms with van der Waals surface area (Å²) in [6, 6.07) is 11.3. The number of hydrogen-bond donors (Lipinski definition) is 0. The fourth-order valence-electron chi connectivity index (χ4n) is 2.51. The molecule has 88 valence electrons. The van der Waals surface area contributed by atoms with E-state index >= 15 is 0 Å².